The van der Waals surface area contributed by atoms with E-state index in [2.05, 4.69) is 27.3 Å². The average molecular weight is 294 g/mol. The summed E-state index contributed by atoms with van der Waals surface area (Å²) in [5, 5.41) is 11.9. The van der Waals surface area contributed by atoms with E-state index in [-0.39, 0.29) is 5.91 Å². The smallest absolute Gasteiger partial charge is 0.239 e. The van der Waals surface area contributed by atoms with Crippen LogP contribution in [0.25, 0.3) is 0 Å². The Kier molecular flexibility index (Phi) is 3.64. The molecule has 0 aliphatic carbocycles. The van der Waals surface area contributed by atoms with Crippen molar-refractivity contribution in [2.24, 2.45) is 0 Å². The van der Waals surface area contributed by atoms with E-state index in [9.17, 15) is 4.79 Å². The summed E-state index contributed by atoms with van der Waals surface area (Å²) in [5.41, 5.74) is 1.42. The zero-order valence-corrected chi connectivity index (χ0v) is 10.8. The second-order valence-corrected chi connectivity index (χ2v) is 4.81. The molecule has 0 atom stereocenters. The molecule has 1 saturated heterocycles. The number of nitrogens with one attached hydrogen (secondary N) is 1. The first-order chi connectivity index (χ1) is 8.20. The van der Waals surface area contributed by atoms with Crippen LogP contribution < -0.4 is 10.2 Å². The van der Waals surface area contributed by atoms with Gasteiger partial charge >= 0.3 is 0 Å². The molecular weight excluding hydrogens is 282 g/mol. The number of benzene rings is 1. The van der Waals surface area contributed by atoms with Crippen LogP contribution in [0.15, 0.2) is 22.7 Å². The monoisotopic (exact) mass is 293 g/mol. The topological polar surface area (TPSA) is 56.1 Å². The van der Waals surface area contributed by atoms with Crippen molar-refractivity contribution in [1.29, 1.82) is 5.26 Å². The molecule has 0 bridgehead atoms. The third-order valence-corrected chi connectivity index (χ3v) is 3.17. The summed E-state index contributed by atoms with van der Waals surface area (Å²) >= 11 is 3.34. The van der Waals surface area contributed by atoms with Gasteiger partial charge in [0.2, 0.25) is 5.91 Å². The molecule has 1 aliphatic rings. The predicted molar refractivity (Wildman–Crippen MR) is 68.7 cm³/mol. The van der Waals surface area contributed by atoms with Gasteiger partial charge in [-0.15, -0.1) is 0 Å². The Morgan fingerprint density at radius 3 is 3.06 bits per heavy atom. The lowest BCUT2D eigenvalue weighted by Crippen LogP contribution is -2.33. The SMILES string of the molecule is N#Cc1cc(Br)ccc1N1CCCNC(=O)C1. The molecule has 2 rings (SSSR count). The molecular formula is C12H12BrN3O. The molecule has 0 saturated carbocycles. The van der Waals surface area contributed by atoms with Gasteiger partial charge in [-0.2, -0.15) is 5.26 Å². The van der Waals surface area contributed by atoms with Crippen molar-refractivity contribution in [2.45, 2.75) is 6.42 Å². The molecule has 0 aromatic heterocycles. The standard InChI is InChI=1S/C12H12BrN3O/c13-10-2-3-11(9(6-10)7-14)16-5-1-4-15-12(17)8-16/h2-3,6H,1,4-5,8H2,(H,15,17). The van der Waals surface area contributed by atoms with Gasteiger partial charge in [-0.25, -0.2) is 0 Å². The summed E-state index contributed by atoms with van der Waals surface area (Å²) in [6.07, 6.45) is 0.896. The highest BCUT2D eigenvalue weighted by molar-refractivity contribution is 9.10. The molecule has 5 heteroatoms. The molecule has 1 aliphatic heterocycles. The predicted octanol–water partition coefficient (Wildman–Crippen LogP) is 1.65. The lowest BCUT2D eigenvalue weighted by molar-refractivity contribution is -0.119. The van der Waals surface area contributed by atoms with E-state index >= 15 is 0 Å². The quantitative estimate of drug-likeness (QED) is 0.857. The Morgan fingerprint density at radius 2 is 2.29 bits per heavy atom. The molecule has 17 heavy (non-hydrogen) atoms. The molecule has 1 aromatic rings. The maximum absolute atomic E-state index is 11.5. The highest BCUT2D eigenvalue weighted by atomic mass is 79.9. The maximum atomic E-state index is 11.5. The minimum Gasteiger partial charge on any atom is -0.361 e. The zero-order valence-electron chi connectivity index (χ0n) is 9.24. The van der Waals surface area contributed by atoms with Crippen LogP contribution in [0, 0.1) is 11.3 Å². The fraction of sp³-hybridized carbons (Fsp3) is 0.333. The van der Waals surface area contributed by atoms with Crippen LogP contribution in [-0.2, 0) is 4.79 Å². The number of nitriles is 1. The molecule has 0 radical (unpaired) electrons. The number of hydrogen-bond donors (Lipinski definition) is 1. The van der Waals surface area contributed by atoms with E-state index in [4.69, 9.17) is 5.26 Å². The summed E-state index contributed by atoms with van der Waals surface area (Å²) < 4.78 is 0.872. The highest BCUT2D eigenvalue weighted by Crippen LogP contribution is 2.24. The van der Waals surface area contributed by atoms with Crippen LogP contribution in [0.4, 0.5) is 5.69 Å². The van der Waals surface area contributed by atoms with Gasteiger partial charge in [-0.1, -0.05) is 15.9 Å². The van der Waals surface area contributed by atoms with E-state index < -0.39 is 0 Å². The maximum Gasteiger partial charge on any atom is 0.239 e. The average Bonchev–Trinajstić information content (AvgIpc) is 2.53. The Morgan fingerprint density at radius 1 is 1.47 bits per heavy atom. The van der Waals surface area contributed by atoms with E-state index in [0.29, 0.717) is 18.7 Å². The first-order valence-electron chi connectivity index (χ1n) is 5.42. The van der Waals surface area contributed by atoms with Gasteiger partial charge in [-0.05, 0) is 24.6 Å². The second-order valence-electron chi connectivity index (χ2n) is 3.90. The summed E-state index contributed by atoms with van der Waals surface area (Å²) in [5.74, 6) is 0.00862. The normalized spacial score (nSPS) is 16.0. The fourth-order valence-electron chi connectivity index (χ4n) is 1.89. The number of carbonyl (C=O) groups is 1. The lowest BCUT2D eigenvalue weighted by Gasteiger charge is -2.22. The molecule has 1 heterocycles. The van der Waals surface area contributed by atoms with Crippen molar-refractivity contribution >= 4 is 27.5 Å². The number of nitrogens with zero attached hydrogens (tertiary/aromatic N) is 2. The van der Waals surface area contributed by atoms with Gasteiger partial charge < -0.3 is 10.2 Å². The minimum absolute atomic E-state index is 0.00862. The van der Waals surface area contributed by atoms with Crippen molar-refractivity contribution in [3.63, 3.8) is 0 Å². The molecule has 1 fully saturated rings. The largest absolute Gasteiger partial charge is 0.361 e. The summed E-state index contributed by atoms with van der Waals surface area (Å²) in [4.78, 5) is 13.4. The number of rotatable bonds is 1. The van der Waals surface area contributed by atoms with E-state index in [1.165, 1.54) is 0 Å². The first-order valence-corrected chi connectivity index (χ1v) is 6.21. The van der Waals surface area contributed by atoms with Gasteiger partial charge in [0.1, 0.15) is 6.07 Å². The molecule has 4 nitrogen and oxygen atoms in total. The van der Waals surface area contributed by atoms with Crippen molar-refractivity contribution in [3.8, 4) is 6.07 Å². The minimum atomic E-state index is 0.00862. The number of amides is 1. The van der Waals surface area contributed by atoms with Crippen molar-refractivity contribution in [1.82, 2.24) is 5.32 Å². The number of halogens is 1. The zero-order chi connectivity index (χ0) is 12.3. The number of hydrogen-bond acceptors (Lipinski definition) is 3. The van der Waals surface area contributed by atoms with Crippen LogP contribution in [0.3, 0.4) is 0 Å². The molecule has 1 aromatic carbocycles. The van der Waals surface area contributed by atoms with Crippen LogP contribution in [0.5, 0.6) is 0 Å². The lowest BCUT2D eigenvalue weighted by atomic mass is 10.1. The Hall–Kier alpha value is -1.54. The van der Waals surface area contributed by atoms with Crippen LogP contribution in [-0.4, -0.2) is 25.5 Å². The Balaban J connectivity index is 2.32. The first kappa shape index (κ1) is 11.9. The molecule has 0 spiro atoms. The van der Waals surface area contributed by atoms with Crippen LogP contribution in [0.1, 0.15) is 12.0 Å². The summed E-state index contributed by atoms with van der Waals surface area (Å²) in [7, 11) is 0. The number of anilines is 1. The van der Waals surface area contributed by atoms with Gasteiger partial charge in [0, 0.05) is 17.6 Å². The Labute approximate surface area is 108 Å². The van der Waals surface area contributed by atoms with Crippen LogP contribution >= 0.6 is 15.9 Å². The van der Waals surface area contributed by atoms with Crippen LogP contribution in [0.2, 0.25) is 0 Å². The fourth-order valence-corrected chi connectivity index (χ4v) is 2.25. The van der Waals surface area contributed by atoms with Crippen molar-refractivity contribution in [3.05, 3.63) is 28.2 Å². The third kappa shape index (κ3) is 2.77. The molecule has 88 valence electrons. The molecule has 1 amide bonds. The van der Waals surface area contributed by atoms with Crippen molar-refractivity contribution in [2.75, 3.05) is 24.5 Å². The summed E-state index contributed by atoms with van der Waals surface area (Å²) in [6, 6.07) is 7.71. The van der Waals surface area contributed by atoms with Crippen molar-refractivity contribution < 1.29 is 4.79 Å². The highest BCUT2D eigenvalue weighted by Gasteiger charge is 2.17. The summed E-state index contributed by atoms with van der Waals surface area (Å²) in [6.45, 7) is 1.80. The number of carbonyl (C=O) groups excluding carboxylic acids is 1. The Bertz CT molecular complexity index is 481. The van der Waals surface area contributed by atoms with E-state index in [0.717, 1.165) is 23.1 Å². The van der Waals surface area contributed by atoms with Gasteiger partial charge in [0.15, 0.2) is 0 Å². The van der Waals surface area contributed by atoms with Gasteiger partial charge in [0.25, 0.3) is 0 Å². The van der Waals surface area contributed by atoms with Gasteiger partial charge in [-0.3, -0.25) is 4.79 Å². The van der Waals surface area contributed by atoms with E-state index in [1.807, 2.05) is 17.0 Å². The third-order valence-electron chi connectivity index (χ3n) is 2.68. The van der Waals surface area contributed by atoms with E-state index in [1.54, 1.807) is 6.07 Å². The molecule has 0 unspecified atom stereocenters. The molecule has 1 N–H and O–H groups in total. The van der Waals surface area contributed by atoms with Gasteiger partial charge in [0.05, 0.1) is 17.8 Å². The second kappa shape index (κ2) is 5.19.